The second kappa shape index (κ2) is 5.65. The molecule has 1 aromatic heterocycles. The molecule has 0 saturated carbocycles. The van der Waals surface area contributed by atoms with E-state index in [1.807, 2.05) is 12.4 Å². The Labute approximate surface area is 104 Å². The summed E-state index contributed by atoms with van der Waals surface area (Å²) in [5, 5.41) is 3.61. The minimum atomic E-state index is 0.643. The van der Waals surface area contributed by atoms with Gasteiger partial charge in [0.15, 0.2) is 0 Å². The Kier molecular flexibility index (Phi) is 4.18. The average molecular weight is 236 g/mol. The first-order valence-corrected chi connectivity index (χ1v) is 6.57. The molecule has 1 N–H and O–H groups in total. The molecule has 1 atom stereocenters. The SMILES string of the molecule is CC(C)CC1CN(Cc2nccn2C)CCN1. The molecule has 1 saturated heterocycles. The van der Waals surface area contributed by atoms with Crippen LogP contribution in [0.1, 0.15) is 26.1 Å². The number of piperazine rings is 1. The van der Waals surface area contributed by atoms with Crippen LogP contribution in [0.3, 0.4) is 0 Å². The van der Waals surface area contributed by atoms with Gasteiger partial charge in [-0.3, -0.25) is 4.90 Å². The van der Waals surface area contributed by atoms with Crippen LogP contribution in [-0.2, 0) is 13.6 Å². The minimum Gasteiger partial charge on any atom is -0.337 e. The number of nitrogens with one attached hydrogen (secondary N) is 1. The zero-order valence-corrected chi connectivity index (χ0v) is 11.2. The first kappa shape index (κ1) is 12.6. The number of rotatable bonds is 4. The molecule has 1 aliphatic heterocycles. The van der Waals surface area contributed by atoms with Gasteiger partial charge in [0, 0.05) is 45.1 Å². The Morgan fingerprint density at radius 2 is 2.35 bits per heavy atom. The monoisotopic (exact) mass is 236 g/mol. The van der Waals surface area contributed by atoms with Gasteiger partial charge in [-0.2, -0.15) is 0 Å². The van der Waals surface area contributed by atoms with Crippen molar-refractivity contribution in [1.29, 1.82) is 0 Å². The van der Waals surface area contributed by atoms with E-state index in [1.54, 1.807) is 0 Å². The van der Waals surface area contributed by atoms with Crippen LogP contribution in [0, 0.1) is 5.92 Å². The molecule has 1 aromatic rings. The van der Waals surface area contributed by atoms with E-state index in [1.165, 1.54) is 6.42 Å². The second-order valence-corrected chi connectivity index (χ2v) is 5.47. The molecule has 0 amide bonds. The van der Waals surface area contributed by atoms with Gasteiger partial charge in [-0.25, -0.2) is 4.98 Å². The predicted octanol–water partition coefficient (Wildman–Crippen LogP) is 1.24. The lowest BCUT2D eigenvalue weighted by Crippen LogP contribution is -2.50. The lowest BCUT2D eigenvalue weighted by atomic mass is 10.0. The Bertz CT molecular complexity index is 345. The molecule has 4 nitrogen and oxygen atoms in total. The van der Waals surface area contributed by atoms with Gasteiger partial charge in [0.2, 0.25) is 0 Å². The third kappa shape index (κ3) is 3.54. The van der Waals surface area contributed by atoms with Gasteiger partial charge in [0.1, 0.15) is 5.82 Å². The first-order valence-electron chi connectivity index (χ1n) is 6.57. The van der Waals surface area contributed by atoms with Crippen LogP contribution in [-0.4, -0.2) is 40.1 Å². The van der Waals surface area contributed by atoms with Crippen LogP contribution in [0.25, 0.3) is 0 Å². The summed E-state index contributed by atoms with van der Waals surface area (Å²) in [7, 11) is 2.07. The van der Waals surface area contributed by atoms with Crippen LogP contribution in [0.5, 0.6) is 0 Å². The van der Waals surface area contributed by atoms with Crippen molar-refractivity contribution in [3.05, 3.63) is 18.2 Å². The Hall–Kier alpha value is -0.870. The largest absolute Gasteiger partial charge is 0.337 e. The van der Waals surface area contributed by atoms with Crippen molar-refractivity contribution >= 4 is 0 Å². The van der Waals surface area contributed by atoms with Crippen molar-refractivity contribution in [2.75, 3.05) is 19.6 Å². The molecule has 2 heterocycles. The number of hydrogen-bond donors (Lipinski definition) is 1. The normalized spacial score (nSPS) is 22.2. The van der Waals surface area contributed by atoms with Crippen molar-refractivity contribution in [2.24, 2.45) is 13.0 Å². The molecule has 2 rings (SSSR count). The molecular formula is C13H24N4. The van der Waals surface area contributed by atoms with Gasteiger partial charge in [0.25, 0.3) is 0 Å². The van der Waals surface area contributed by atoms with Crippen LogP contribution >= 0.6 is 0 Å². The van der Waals surface area contributed by atoms with Crippen LogP contribution in [0.4, 0.5) is 0 Å². The summed E-state index contributed by atoms with van der Waals surface area (Å²) in [5.74, 6) is 1.93. The van der Waals surface area contributed by atoms with E-state index in [-0.39, 0.29) is 0 Å². The van der Waals surface area contributed by atoms with Crippen LogP contribution in [0.15, 0.2) is 12.4 Å². The van der Waals surface area contributed by atoms with E-state index in [0.29, 0.717) is 6.04 Å². The molecule has 1 unspecified atom stereocenters. The topological polar surface area (TPSA) is 33.1 Å². The highest BCUT2D eigenvalue weighted by molar-refractivity contribution is 4.92. The predicted molar refractivity (Wildman–Crippen MR) is 69.7 cm³/mol. The maximum absolute atomic E-state index is 4.40. The fraction of sp³-hybridized carbons (Fsp3) is 0.769. The molecule has 4 heteroatoms. The Morgan fingerprint density at radius 3 is 3.00 bits per heavy atom. The van der Waals surface area contributed by atoms with E-state index in [0.717, 1.165) is 37.9 Å². The number of aryl methyl sites for hydroxylation is 1. The van der Waals surface area contributed by atoms with Gasteiger partial charge in [-0.15, -0.1) is 0 Å². The van der Waals surface area contributed by atoms with Gasteiger partial charge >= 0.3 is 0 Å². The maximum atomic E-state index is 4.40. The van der Waals surface area contributed by atoms with Crippen molar-refractivity contribution in [3.8, 4) is 0 Å². The zero-order valence-electron chi connectivity index (χ0n) is 11.2. The molecule has 96 valence electrons. The summed E-state index contributed by atoms with van der Waals surface area (Å²) < 4.78 is 2.11. The summed E-state index contributed by atoms with van der Waals surface area (Å²) in [6.07, 6.45) is 5.16. The van der Waals surface area contributed by atoms with Crippen molar-refractivity contribution in [2.45, 2.75) is 32.9 Å². The molecule has 1 aliphatic rings. The standard InChI is InChI=1S/C13H24N4/c1-11(2)8-12-9-17(7-5-14-12)10-13-15-4-6-16(13)3/h4,6,11-12,14H,5,7-10H2,1-3H3. The fourth-order valence-corrected chi connectivity index (χ4v) is 2.51. The highest BCUT2D eigenvalue weighted by Gasteiger charge is 2.20. The molecule has 0 spiro atoms. The summed E-state index contributed by atoms with van der Waals surface area (Å²) in [4.78, 5) is 6.90. The minimum absolute atomic E-state index is 0.643. The molecule has 17 heavy (non-hydrogen) atoms. The number of imidazole rings is 1. The molecule has 0 aliphatic carbocycles. The lowest BCUT2D eigenvalue weighted by molar-refractivity contribution is 0.175. The van der Waals surface area contributed by atoms with Crippen molar-refractivity contribution < 1.29 is 0 Å². The van der Waals surface area contributed by atoms with Crippen molar-refractivity contribution in [1.82, 2.24) is 19.8 Å². The summed E-state index contributed by atoms with van der Waals surface area (Å²) >= 11 is 0. The lowest BCUT2D eigenvalue weighted by Gasteiger charge is -2.34. The quantitative estimate of drug-likeness (QED) is 0.854. The van der Waals surface area contributed by atoms with E-state index in [2.05, 4.69) is 40.7 Å². The number of hydrogen-bond acceptors (Lipinski definition) is 3. The van der Waals surface area contributed by atoms with Crippen molar-refractivity contribution in [3.63, 3.8) is 0 Å². The second-order valence-electron chi connectivity index (χ2n) is 5.47. The van der Waals surface area contributed by atoms with Gasteiger partial charge in [0.05, 0.1) is 6.54 Å². The van der Waals surface area contributed by atoms with Gasteiger partial charge < -0.3 is 9.88 Å². The molecule has 1 fully saturated rings. The van der Waals surface area contributed by atoms with Crippen LogP contribution in [0.2, 0.25) is 0 Å². The molecule has 0 radical (unpaired) electrons. The highest BCUT2D eigenvalue weighted by atomic mass is 15.2. The van der Waals surface area contributed by atoms with E-state index in [4.69, 9.17) is 0 Å². The maximum Gasteiger partial charge on any atom is 0.122 e. The van der Waals surface area contributed by atoms with Gasteiger partial charge in [-0.1, -0.05) is 13.8 Å². The Morgan fingerprint density at radius 1 is 1.53 bits per heavy atom. The third-order valence-corrected chi connectivity index (χ3v) is 3.38. The van der Waals surface area contributed by atoms with E-state index < -0.39 is 0 Å². The summed E-state index contributed by atoms with van der Waals surface area (Å²) in [6.45, 7) is 8.92. The number of aromatic nitrogens is 2. The molecule has 0 aromatic carbocycles. The highest BCUT2D eigenvalue weighted by Crippen LogP contribution is 2.11. The Balaban J connectivity index is 1.87. The van der Waals surface area contributed by atoms with Crippen LogP contribution < -0.4 is 5.32 Å². The zero-order chi connectivity index (χ0) is 12.3. The summed E-state index contributed by atoms with van der Waals surface area (Å²) in [6, 6.07) is 0.643. The fourth-order valence-electron chi connectivity index (χ4n) is 2.51. The average Bonchev–Trinajstić information content (AvgIpc) is 2.64. The molecule has 0 bridgehead atoms. The van der Waals surface area contributed by atoms with E-state index >= 15 is 0 Å². The summed E-state index contributed by atoms with van der Waals surface area (Å²) in [5.41, 5.74) is 0. The first-order chi connectivity index (χ1) is 8.15. The van der Waals surface area contributed by atoms with E-state index in [9.17, 15) is 0 Å². The van der Waals surface area contributed by atoms with Gasteiger partial charge in [-0.05, 0) is 12.3 Å². The third-order valence-electron chi connectivity index (χ3n) is 3.38. The number of nitrogens with zero attached hydrogens (tertiary/aromatic N) is 3. The smallest absolute Gasteiger partial charge is 0.122 e. The molecular weight excluding hydrogens is 212 g/mol.